The number of carbonyl (C=O) groups is 3. The number of hydrogen-bond donors (Lipinski definition) is 2. The summed E-state index contributed by atoms with van der Waals surface area (Å²) in [6, 6.07) is 19.8. The monoisotopic (exact) mass is 509 g/mol. The maximum atomic E-state index is 14.7. The summed E-state index contributed by atoms with van der Waals surface area (Å²) < 4.78 is 10.9. The van der Waals surface area contributed by atoms with Gasteiger partial charge in [-0.2, -0.15) is 0 Å². The maximum Gasteiger partial charge on any atom is 0.251 e. The molecule has 38 heavy (non-hydrogen) atoms. The van der Waals surface area contributed by atoms with E-state index in [9.17, 15) is 14.4 Å². The zero-order valence-electron chi connectivity index (χ0n) is 21.1. The summed E-state index contributed by atoms with van der Waals surface area (Å²) in [4.78, 5) is 45.6. The number of Topliss-reactive ketones (excluding diaryl/α,β-unsaturated/α-hetero) is 1. The Labute approximate surface area is 219 Å². The number of ketones is 1. The average molecular weight is 510 g/mol. The first kappa shape index (κ1) is 23.0. The van der Waals surface area contributed by atoms with E-state index in [1.54, 1.807) is 25.3 Å². The third kappa shape index (κ3) is 2.51. The Morgan fingerprint density at radius 1 is 0.868 bits per heavy atom. The number of fused-ring (bicyclic) bond motifs is 7. The van der Waals surface area contributed by atoms with Gasteiger partial charge in [0.2, 0.25) is 5.91 Å². The Balaban J connectivity index is 1.54. The number of ether oxygens (including phenoxy) is 2. The summed E-state index contributed by atoms with van der Waals surface area (Å²) in [7, 11) is 3.07. The van der Waals surface area contributed by atoms with Gasteiger partial charge in [0, 0.05) is 28.5 Å². The second-order valence-electron chi connectivity index (χ2n) is 10.3. The highest BCUT2D eigenvalue weighted by Crippen LogP contribution is 2.67. The summed E-state index contributed by atoms with van der Waals surface area (Å²) in [6.45, 7) is 0.610. The fourth-order valence-electron chi connectivity index (χ4n) is 7.70. The molecule has 0 radical (unpaired) electrons. The van der Waals surface area contributed by atoms with Crippen LogP contribution in [0.25, 0.3) is 0 Å². The molecule has 4 heterocycles. The van der Waals surface area contributed by atoms with Gasteiger partial charge in [-0.25, -0.2) is 0 Å². The highest BCUT2D eigenvalue weighted by molar-refractivity contribution is 6.21. The molecule has 7 rings (SSSR count). The highest BCUT2D eigenvalue weighted by Gasteiger charge is 2.81. The van der Waals surface area contributed by atoms with Crippen molar-refractivity contribution < 1.29 is 23.9 Å². The van der Waals surface area contributed by atoms with E-state index in [0.717, 1.165) is 12.0 Å². The lowest BCUT2D eigenvalue weighted by atomic mass is 9.57. The molecule has 2 N–H and O–H groups in total. The van der Waals surface area contributed by atoms with Crippen LogP contribution < -0.4 is 20.1 Å². The molecule has 2 fully saturated rings. The predicted octanol–water partition coefficient (Wildman–Crippen LogP) is 3.72. The van der Waals surface area contributed by atoms with Crippen LogP contribution in [0.5, 0.6) is 11.5 Å². The number of hydrogen-bond acceptors (Lipinski definition) is 6. The number of rotatable bonds is 4. The van der Waals surface area contributed by atoms with Crippen molar-refractivity contribution in [2.45, 2.75) is 29.8 Å². The third-order valence-corrected chi connectivity index (χ3v) is 8.95. The first-order valence-corrected chi connectivity index (χ1v) is 12.8. The van der Waals surface area contributed by atoms with Crippen LogP contribution in [0.2, 0.25) is 0 Å². The first-order chi connectivity index (χ1) is 18.5. The van der Waals surface area contributed by atoms with Crippen molar-refractivity contribution in [1.82, 2.24) is 4.90 Å². The van der Waals surface area contributed by atoms with E-state index < -0.39 is 16.9 Å². The lowest BCUT2D eigenvalue weighted by molar-refractivity contribution is -0.137. The van der Waals surface area contributed by atoms with Gasteiger partial charge in [0.1, 0.15) is 11.0 Å². The molecule has 8 nitrogen and oxygen atoms in total. The van der Waals surface area contributed by atoms with Crippen molar-refractivity contribution in [3.63, 3.8) is 0 Å². The number of anilines is 2. The summed E-state index contributed by atoms with van der Waals surface area (Å²) in [5.74, 6) is -0.632. The Hall–Kier alpha value is -4.17. The van der Waals surface area contributed by atoms with E-state index in [1.165, 1.54) is 7.11 Å². The molecule has 2 spiro atoms. The zero-order valence-corrected chi connectivity index (χ0v) is 21.1. The summed E-state index contributed by atoms with van der Waals surface area (Å²) in [5, 5.41) is 6.13. The first-order valence-electron chi connectivity index (χ1n) is 12.8. The number of methoxy groups -OCH3 is 2. The van der Waals surface area contributed by atoms with Crippen molar-refractivity contribution in [2.24, 2.45) is 5.92 Å². The van der Waals surface area contributed by atoms with Crippen molar-refractivity contribution in [1.29, 1.82) is 0 Å². The minimum Gasteiger partial charge on any atom is -0.493 e. The van der Waals surface area contributed by atoms with Gasteiger partial charge in [-0.3, -0.25) is 19.3 Å². The fraction of sp³-hybridized carbons (Fsp3) is 0.300. The lowest BCUT2D eigenvalue weighted by Gasteiger charge is -2.43. The molecule has 0 saturated carbocycles. The third-order valence-electron chi connectivity index (χ3n) is 8.95. The van der Waals surface area contributed by atoms with E-state index in [4.69, 9.17) is 9.47 Å². The highest BCUT2D eigenvalue weighted by atomic mass is 16.5. The smallest absolute Gasteiger partial charge is 0.251 e. The predicted molar refractivity (Wildman–Crippen MR) is 141 cm³/mol. The molecule has 0 aliphatic carbocycles. The fourth-order valence-corrected chi connectivity index (χ4v) is 7.70. The van der Waals surface area contributed by atoms with Crippen molar-refractivity contribution in [2.75, 3.05) is 31.4 Å². The van der Waals surface area contributed by atoms with Crippen LogP contribution in [-0.2, 0) is 20.5 Å². The molecule has 8 heteroatoms. The quantitative estimate of drug-likeness (QED) is 0.521. The summed E-state index contributed by atoms with van der Waals surface area (Å²) in [5.41, 5.74) is 0.337. The molecule has 2 amide bonds. The van der Waals surface area contributed by atoms with Crippen LogP contribution in [0, 0.1) is 5.92 Å². The van der Waals surface area contributed by atoms with E-state index in [2.05, 4.69) is 15.5 Å². The van der Waals surface area contributed by atoms with E-state index in [-0.39, 0.29) is 23.6 Å². The van der Waals surface area contributed by atoms with Crippen LogP contribution in [-0.4, -0.2) is 49.3 Å². The topological polar surface area (TPSA) is 97.0 Å². The van der Waals surface area contributed by atoms with Gasteiger partial charge >= 0.3 is 0 Å². The second-order valence-corrected chi connectivity index (χ2v) is 10.3. The number of carbonyl (C=O) groups excluding carboxylic acids is 3. The second kappa shape index (κ2) is 7.91. The maximum absolute atomic E-state index is 14.7. The Morgan fingerprint density at radius 3 is 2.26 bits per heavy atom. The average Bonchev–Trinajstić information content (AvgIpc) is 3.66. The molecular weight excluding hydrogens is 482 g/mol. The van der Waals surface area contributed by atoms with Gasteiger partial charge in [0.25, 0.3) is 5.91 Å². The van der Waals surface area contributed by atoms with Crippen molar-refractivity contribution in [3.05, 3.63) is 83.4 Å². The van der Waals surface area contributed by atoms with E-state index in [0.29, 0.717) is 47.0 Å². The van der Waals surface area contributed by atoms with Crippen molar-refractivity contribution in [3.8, 4) is 11.5 Å². The van der Waals surface area contributed by atoms with Crippen LogP contribution in [0.3, 0.4) is 0 Å². The van der Waals surface area contributed by atoms with Gasteiger partial charge in [0.05, 0.1) is 20.1 Å². The number of nitrogens with one attached hydrogen (secondary N) is 2. The minimum atomic E-state index is -1.46. The molecule has 4 atom stereocenters. The van der Waals surface area contributed by atoms with Gasteiger partial charge in [-0.05, 0) is 55.3 Å². The zero-order chi connectivity index (χ0) is 26.2. The van der Waals surface area contributed by atoms with Gasteiger partial charge in [-0.1, -0.05) is 36.4 Å². The normalized spacial score (nSPS) is 28.7. The standard InChI is InChI=1S/C30H27N3O5/c1-37-23-14-13-17(16-24(23)38-2)26(34)25-22-12-7-15-33(22)30(19-9-4-6-11-21(19)32-28(30)36)29(25)18-8-3-5-10-20(18)31-27(29)35/h3-6,8-11,13-14,16,22,25H,7,12,15H2,1-2H3,(H,31,35)(H,32,36). The van der Waals surface area contributed by atoms with Crippen LogP contribution >= 0.6 is 0 Å². The Bertz CT molecular complexity index is 1540. The van der Waals surface area contributed by atoms with Gasteiger partial charge < -0.3 is 20.1 Å². The molecule has 4 aliphatic rings. The summed E-state index contributed by atoms with van der Waals surface area (Å²) >= 11 is 0. The minimum absolute atomic E-state index is 0.191. The Morgan fingerprint density at radius 2 is 1.53 bits per heavy atom. The van der Waals surface area contributed by atoms with E-state index >= 15 is 0 Å². The Kier molecular flexibility index (Phi) is 4.79. The molecule has 3 aromatic carbocycles. The molecule has 4 unspecified atom stereocenters. The molecule has 0 bridgehead atoms. The van der Waals surface area contributed by atoms with Crippen molar-refractivity contribution >= 4 is 29.0 Å². The lowest BCUT2D eigenvalue weighted by Crippen LogP contribution is -2.62. The van der Waals surface area contributed by atoms with Gasteiger partial charge in [0.15, 0.2) is 17.3 Å². The SMILES string of the molecule is COc1ccc(C(=O)C2C3CCCN3C3(C(=O)Nc4ccccc43)C23C(=O)Nc2ccccc23)cc1OC. The van der Waals surface area contributed by atoms with E-state index in [1.807, 2.05) is 48.5 Å². The van der Waals surface area contributed by atoms with Crippen LogP contribution in [0.1, 0.15) is 34.3 Å². The molecule has 2 saturated heterocycles. The van der Waals surface area contributed by atoms with Gasteiger partial charge in [-0.15, -0.1) is 0 Å². The molecular formula is C30H27N3O5. The number of nitrogens with zero attached hydrogens (tertiary/aromatic N) is 1. The van der Waals surface area contributed by atoms with Crippen LogP contribution in [0.4, 0.5) is 11.4 Å². The molecule has 0 aromatic heterocycles. The molecule has 192 valence electrons. The molecule has 4 aliphatic heterocycles. The molecule has 3 aromatic rings. The number of amides is 2. The largest absolute Gasteiger partial charge is 0.493 e. The summed E-state index contributed by atoms with van der Waals surface area (Å²) in [6.07, 6.45) is 1.54. The number of benzene rings is 3. The number of para-hydroxylation sites is 2. The van der Waals surface area contributed by atoms with Crippen LogP contribution in [0.15, 0.2) is 66.7 Å².